The third-order valence-electron chi connectivity index (χ3n) is 4.33. The topological polar surface area (TPSA) is 64.1 Å². The minimum Gasteiger partial charge on any atom is -0.470 e. The van der Waals surface area contributed by atoms with Crippen molar-refractivity contribution < 1.29 is 9.53 Å². The molecule has 5 nitrogen and oxygen atoms in total. The Kier molecular flexibility index (Phi) is 5.86. The Bertz CT molecular complexity index is 1030. The lowest BCUT2D eigenvalue weighted by Crippen LogP contribution is -2.46. The van der Waals surface area contributed by atoms with E-state index in [1.807, 2.05) is 50.4 Å². The summed E-state index contributed by atoms with van der Waals surface area (Å²) < 4.78 is 5.95. The van der Waals surface area contributed by atoms with Crippen molar-refractivity contribution in [2.45, 2.75) is 24.8 Å². The molecule has 0 radical (unpaired) electrons. The molecule has 1 atom stereocenters. The van der Waals surface area contributed by atoms with Crippen molar-refractivity contribution in [3.63, 3.8) is 0 Å². The Balaban J connectivity index is 1.77. The summed E-state index contributed by atoms with van der Waals surface area (Å²) in [5.41, 5.74) is 1.24. The molecule has 0 bridgehead atoms. The van der Waals surface area contributed by atoms with E-state index in [2.05, 4.69) is 21.2 Å². The standard InChI is InChI=1S/C22H21N3O2S/c1-5-15-12-16-13-18(6-7-19(16)24-14-15)27-21(28-4)20(26)25-22(2,3)17-8-10-23-11-9-17/h1,6-14,21H,2-4H3,(H,25,26). The van der Waals surface area contributed by atoms with Crippen molar-refractivity contribution in [3.05, 3.63) is 66.1 Å². The van der Waals surface area contributed by atoms with E-state index in [0.717, 1.165) is 16.5 Å². The van der Waals surface area contributed by atoms with Gasteiger partial charge in [-0.05, 0) is 62.1 Å². The highest BCUT2D eigenvalue weighted by molar-refractivity contribution is 7.99. The highest BCUT2D eigenvalue weighted by Gasteiger charge is 2.28. The second-order valence-electron chi connectivity index (χ2n) is 6.76. The molecular weight excluding hydrogens is 370 g/mol. The van der Waals surface area contributed by atoms with Crippen molar-refractivity contribution >= 4 is 28.6 Å². The van der Waals surface area contributed by atoms with Gasteiger partial charge in [-0.15, -0.1) is 18.2 Å². The van der Waals surface area contributed by atoms with Gasteiger partial charge in [0.15, 0.2) is 0 Å². The zero-order valence-corrected chi connectivity index (χ0v) is 16.8. The maximum Gasteiger partial charge on any atom is 0.272 e. The number of ether oxygens (including phenoxy) is 1. The van der Waals surface area contributed by atoms with Crippen LogP contribution in [0, 0.1) is 12.3 Å². The van der Waals surface area contributed by atoms with Crippen LogP contribution in [0.3, 0.4) is 0 Å². The van der Waals surface area contributed by atoms with Gasteiger partial charge < -0.3 is 10.1 Å². The molecule has 3 rings (SSSR count). The van der Waals surface area contributed by atoms with Gasteiger partial charge in [-0.3, -0.25) is 14.8 Å². The van der Waals surface area contributed by atoms with E-state index in [1.54, 1.807) is 24.7 Å². The van der Waals surface area contributed by atoms with Gasteiger partial charge in [-0.25, -0.2) is 0 Å². The van der Waals surface area contributed by atoms with Crippen LogP contribution in [0.2, 0.25) is 0 Å². The van der Waals surface area contributed by atoms with Gasteiger partial charge >= 0.3 is 0 Å². The first-order valence-corrected chi connectivity index (χ1v) is 10.00. The summed E-state index contributed by atoms with van der Waals surface area (Å²) in [5.74, 6) is 2.95. The molecule has 0 fully saturated rings. The van der Waals surface area contributed by atoms with Crippen LogP contribution in [0.1, 0.15) is 25.0 Å². The summed E-state index contributed by atoms with van der Waals surface area (Å²) in [5, 5.41) is 3.91. The third-order valence-corrected chi connectivity index (χ3v) is 5.07. The Hall–Kier alpha value is -3.04. The molecule has 0 aliphatic heterocycles. The SMILES string of the molecule is C#Cc1cnc2ccc(OC(SC)C(=O)NC(C)(C)c3ccncc3)cc2c1. The number of pyridine rings is 2. The molecule has 2 heterocycles. The number of hydrogen-bond donors (Lipinski definition) is 1. The maximum atomic E-state index is 12.8. The molecule has 3 aromatic rings. The number of amides is 1. The lowest BCUT2D eigenvalue weighted by molar-refractivity contribution is -0.126. The number of fused-ring (bicyclic) bond motifs is 1. The van der Waals surface area contributed by atoms with Crippen molar-refractivity contribution in [1.29, 1.82) is 0 Å². The number of carbonyl (C=O) groups is 1. The summed E-state index contributed by atoms with van der Waals surface area (Å²) in [7, 11) is 0. The minimum absolute atomic E-state index is 0.204. The Labute approximate surface area is 168 Å². The lowest BCUT2D eigenvalue weighted by atomic mass is 9.95. The molecule has 2 aromatic heterocycles. The summed E-state index contributed by atoms with van der Waals surface area (Å²) in [6, 6.07) is 11.1. The molecule has 6 heteroatoms. The first kappa shape index (κ1) is 19.7. The predicted octanol–water partition coefficient (Wildman–Crippen LogP) is 3.73. The number of carbonyl (C=O) groups excluding carboxylic acids is 1. The number of hydrogen-bond acceptors (Lipinski definition) is 5. The summed E-state index contributed by atoms with van der Waals surface area (Å²) in [6.45, 7) is 3.89. The van der Waals surface area contributed by atoms with Crippen molar-refractivity contribution in [1.82, 2.24) is 15.3 Å². The normalized spacial score (nSPS) is 12.2. The summed E-state index contributed by atoms with van der Waals surface area (Å²) in [6.07, 6.45) is 12.4. The average molecular weight is 391 g/mol. The van der Waals surface area contributed by atoms with Crippen molar-refractivity contribution in [2.24, 2.45) is 0 Å². The van der Waals surface area contributed by atoms with Crippen LogP contribution in [-0.2, 0) is 10.3 Å². The number of thioether (sulfide) groups is 1. The fourth-order valence-corrected chi connectivity index (χ4v) is 3.28. The van der Waals surface area contributed by atoms with Gasteiger partial charge in [0, 0.05) is 29.5 Å². The molecular formula is C22H21N3O2S. The van der Waals surface area contributed by atoms with Gasteiger partial charge in [0.2, 0.25) is 5.44 Å². The van der Waals surface area contributed by atoms with Gasteiger partial charge in [0.25, 0.3) is 5.91 Å². The molecule has 0 saturated heterocycles. The Morgan fingerprint density at radius 2 is 2.00 bits per heavy atom. The van der Waals surface area contributed by atoms with Crippen LogP contribution in [0.4, 0.5) is 0 Å². The van der Waals surface area contributed by atoms with E-state index >= 15 is 0 Å². The highest BCUT2D eigenvalue weighted by Crippen LogP contribution is 2.25. The second kappa shape index (κ2) is 8.32. The average Bonchev–Trinajstić information content (AvgIpc) is 2.71. The van der Waals surface area contributed by atoms with Crippen LogP contribution < -0.4 is 10.1 Å². The Morgan fingerprint density at radius 1 is 1.25 bits per heavy atom. The van der Waals surface area contributed by atoms with E-state index in [1.165, 1.54) is 11.8 Å². The van der Waals surface area contributed by atoms with Crippen molar-refractivity contribution in [3.8, 4) is 18.1 Å². The fourth-order valence-electron chi connectivity index (χ4n) is 2.80. The van der Waals surface area contributed by atoms with Crippen molar-refractivity contribution in [2.75, 3.05) is 6.26 Å². The molecule has 28 heavy (non-hydrogen) atoms. The number of nitrogens with one attached hydrogen (secondary N) is 1. The maximum absolute atomic E-state index is 12.8. The molecule has 1 aromatic carbocycles. The van der Waals surface area contributed by atoms with Crippen LogP contribution in [0.25, 0.3) is 10.9 Å². The number of aromatic nitrogens is 2. The lowest BCUT2D eigenvalue weighted by Gasteiger charge is -2.29. The third kappa shape index (κ3) is 4.44. The van der Waals surface area contributed by atoms with E-state index in [0.29, 0.717) is 11.3 Å². The molecule has 0 spiro atoms. The van der Waals surface area contributed by atoms with E-state index < -0.39 is 11.0 Å². The van der Waals surface area contributed by atoms with Crippen LogP contribution >= 0.6 is 11.8 Å². The zero-order valence-electron chi connectivity index (χ0n) is 16.0. The molecule has 0 aliphatic rings. The highest BCUT2D eigenvalue weighted by atomic mass is 32.2. The van der Waals surface area contributed by atoms with E-state index in [9.17, 15) is 4.79 Å². The monoisotopic (exact) mass is 391 g/mol. The molecule has 0 saturated carbocycles. The first-order valence-electron chi connectivity index (χ1n) is 8.71. The molecule has 1 unspecified atom stereocenters. The number of nitrogens with zero attached hydrogens (tertiary/aromatic N) is 2. The number of rotatable bonds is 6. The summed E-state index contributed by atoms with van der Waals surface area (Å²) in [4.78, 5) is 21.2. The second-order valence-corrected chi connectivity index (χ2v) is 7.66. The van der Waals surface area contributed by atoms with Crippen LogP contribution in [0.15, 0.2) is 55.0 Å². The van der Waals surface area contributed by atoms with E-state index in [4.69, 9.17) is 11.2 Å². The Morgan fingerprint density at radius 3 is 2.68 bits per heavy atom. The fraction of sp³-hybridized carbons (Fsp3) is 0.227. The minimum atomic E-state index is -0.692. The van der Waals surface area contributed by atoms with Crippen LogP contribution in [-0.4, -0.2) is 27.6 Å². The molecule has 1 amide bonds. The molecule has 142 valence electrons. The summed E-state index contributed by atoms with van der Waals surface area (Å²) >= 11 is 1.33. The van der Waals surface area contributed by atoms with Gasteiger partial charge in [0.1, 0.15) is 5.75 Å². The predicted molar refractivity (Wildman–Crippen MR) is 113 cm³/mol. The number of benzene rings is 1. The van der Waals surface area contributed by atoms with Crippen LogP contribution in [0.5, 0.6) is 5.75 Å². The largest absolute Gasteiger partial charge is 0.470 e. The molecule has 0 aliphatic carbocycles. The van der Waals surface area contributed by atoms with Gasteiger partial charge in [0.05, 0.1) is 11.1 Å². The quantitative estimate of drug-likeness (QED) is 0.512. The zero-order chi connectivity index (χ0) is 20.1. The number of terminal acetylenes is 1. The van der Waals surface area contributed by atoms with Gasteiger partial charge in [-0.2, -0.15) is 0 Å². The molecule has 1 N–H and O–H groups in total. The first-order chi connectivity index (χ1) is 13.4. The van der Waals surface area contributed by atoms with E-state index in [-0.39, 0.29) is 5.91 Å². The smallest absolute Gasteiger partial charge is 0.272 e. The van der Waals surface area contributed by atoms with Gasteiger partial charge in [-0.1, -0.05) is 5.92 Å².